The van der Waals surface area contributed by atoms with Crippen LogP contribution in [0.15, 0.2) is 0 Å². The second-order valence-electron chi connectivity index (χ2n) is 6.06. The lowest BCUT2D eigenvalue weighted by Gasteiger charge is -2.22. The average molecular weight is 212 g/mol. The maximum atomic E-state index is 6.11. The molecule has 0 aromatic heterocycles. The molecule has 1 aliphatic rings. The molecule has 1 aliphatic carbocycles. The third-order valence-electron chi connectivity index (χ3n) is 3.99. The molecule has 0 aromatic rings. The zero-order valence-corrected chi connectivity index (χ0v) is 10.8. The maximum absolute atomic E-state index is 6.11. The molecule has 0 saturated heterocycles. The second-order valence-corrected chi connectivity index (χ2v) is 6.06. The van der Waals surface area contributed by atoms with Crippen molar-refractivity contribution in [1.29, 1.82) is 0 Å². The molecule has 0 aliphatic heterocycles. The molecule has 0 bridgehead atoms. The topological polar surface area (TPSA) is 38.0 Å². The highest BCUT2D eigenvalue weighted by atomic mass is 14.9. The smallest absolute Gasteiger partial charge is 0.0191 e. The van der Waals surface area contributed by atoms with Gasteiger partial charge in [0.05, 0.1) is 0 Å². The Labute approximate surface area is 95.0 Å². The van der Waals surface area contributed by atoms with Crippen molar-refractivity contribution in [2.45, 2.75) is 65.5 Å². The summed E-state index contributed by atoms with van der Waals surface area (Å²) in [5.74, 6) is 0.631. The summed E-state index contributed by atoms with van der Waals surface area (Å²) < 4.78 is 0. The molecule has 0 heterocycles. The third kappa shape index (κ3) is 4.12. The Bertz CT molecular complexity index is 189. The van der Waals surface area contributed by atoms with Crippen molar-refractivity contribution in [3.63, 3.8) is 0 Å². The fraction of sp³-hybridized carbons (Fsp3) is 1.00. The molecule has 3 N–H and O–H groups in total. The van der Waals surface area contributed by atoms with Gasteiger partial charge in [0, 0.05) is 18.6 Å². The van der Waals surface area contributed by atoms with Gasteiger partial charge in [-0.1, -0.05) is 34.1 Å². The van der Waals surface area contributed by atoms with E-state index in [1.54, 1.807) is 0 Å². The minimum Gasteiger partial charge on any atom is -0.326 e. The highest BCUT2D eigenvalue weighted by Gasteiger charge is 2.30. The zero-order chi connectivity index (χ0) is 11.5. The zero-order valence-electron chi connectivity index (χ0n) is 10.8. The van der Waals surface area contributed by atoms with Gasteiger partial charge in [0.2, 0.25) is 0 Å². The molecule has 3 atom stereocenters. The molecule has 0 radical (unpaired) electrons. The minimum absolute atomic E-state index is 0.318. The summed E-state index contributed by atoms with van der Waals surface area (Å²) in [5, 5.41) is 3.63. The monoisotopic (exact) mass is 212 g/mol. The lowest BCUT2D eigenvalue weighted by atomic mass is 9.92. The van der Waals surface area contributed by atoms with E-state index in [1.807, 2.05) is 0 Å². The van der Waals surface area contributed by atoms with Gasteiger partial charge in [0.1, 0.15) is 0 Å². The Morgan fingerprint density at radius 2 is 2.13 bits per heavy atom. The summed E-state index contributed by atoms with van der Waals surface area (Å²) in [6, 6.07) is 1.02. The summed E-state index contributed by atoms with van der Waals surface area (Å²) in [6.07, 6.45) is 5.16. The van der Waals surface area contributed by atoms with E-state index in [1.165, 1.54) is 25.7 Å². The van der Waals surface area contributed by atoms with E-state index in [9.17, 15) is 0 Å². The highest BCUT2D eigenvalue weighted by Crippen LogP contribution is 2.36. The van der Waals surface area contributed by atoms with Crippen LogP contribution in [0.1, 0.15) is 53.4 Å². The molecule has 2 heteroatoms. The SMILES string of the molecule is CCC(C)C(N)CNC1CCC(C)(C)C1. The first-order valence-electron chi connectivity index (χ1n) is 6.43. The fourth-order valence-corrected chi connectivity index (χ4v) is 2.42. The summed E-state index contributed by atoms with van der Waals surface area (Å²) in [6.45, 7) is 10.2. The predicted octanol–water partition coefficient (Wildman–Crippen LogP) is 2.53. The van der Waals surface area contributed by atoms with Crippen molar-refractivity contribution >= 4 is 0 Å². The van der Waals surface area contributed by atoms with Crippen molar-refractivity contribution in [3.05, 3.63) is 0 Å². The van der Waals surface area contributed by atoms with Gasteiger partial charge in [0.25, 0.3) is 0 Å². The average Bonchev–Trinajstić information content (AvgIpc) is 2.53. The molecular formula is C13H28N2. The Morgan fingerprint density at radius 3 is 2.60 bits per heavy atom. The van der Waals surface area contributed by atoms with Gasteiger partial charge in [-0.25, -0.2) is 0 Å². The quantitative estimate of drug-likeness (QED) is 0.735. The van der Waals surface area contributed by atoms with Gasteiger partial charge in [-0.2, -0.15) is 0 Å². The van der Waals surface area contributed by atoms with Crippen LogP contribution < -0.4 is 11.1 Å². The summed E-state index contributed by atoms with van der Waals surface area (Å²) in [5.41, 5.74) is 6.65. The molecule has 0 aromatic carbocycles. The van der Waals surface area contributed by atoms with Crippen LogP contribution in [0.25, 0.3) is 0 Å². The Morgan fingerprint density at radius 1 is 1.47 bits per heavy atom. The van der Waals surface area contributed by atoms with E-state index in [-0.39, 0.29) is 0 Å². The lowest BCUT2D eigenvalue weighted by Crippen LogP contribution is -2.42. The Kier molecular flexibility index (Phi) is 4.60. The summed E-state index contributed by atoms with van der Waals surface area (Å²) in [7, 11) is 0. The van der Waals surface area contributed by atoms with Crippen LogP contribution in [0.2, 0.25) is 0 Å². The standard InChI is InChI=1S/C13H28N2/c1-5-10(2)12(14)9-15-11-6-7-13(3,4)8-11/h10-12,15H,5-9,14H2,1-4H3. The summed E-state index contributed by atoms with van der Waals surface area (Å²) >= 11 is 0. The van der Waals surface area contributed by atoms with Crippen LogP contribution in [-0.2, 0) is 0 Å². The molecular weight excluding hydrogens is 184 g/mol. The van der Waals surface area contributed by atoms with Gasteiger partial charge >= 0.3 is 0 Å². The number of hydrogen-bond donors (Lipinski definition) is 2. The van der Waals surface area contributed by atoms with E-state index in [0.29, 0.717) is 23.4 Å². The van der Waals surface area contributed by atoms with Crippen LogP contribution in [0.5, 0.6) is 0 Å². The van der Waals surface area contributed by atoms with Crippen molar-refractivity contribution in [3.8, 4) is 0 Å². The largest absolute Gasteiger partial charge is 0.326 e. The highest BCUT2D eigenvalue weighted by molar-refractivity contribution is 4.87. The first-order chi connectivity index (χ1) is 6.94. The number of nitrogens with two attached hydrogens (primary N) is 1. The molecule has 0 spiro atoms. The Hall–Kier alpha value is -0.0800. The summed E-state index contributed by atoms with van der Waals surface area (Å²) in [4.78, 5) is 0. The number of hydrogen-bond acceptors (Lipinski definition) is 2. The van der Waals surface area contributed by atoms with Gasteiger partial charge < -0.3 is 11.1 Å². The minimum atomic E-state index is 0.318. The van der Waals surface area contributed by atoms with Gasteiger partial charge in [-0.05, 0) is 30.6 Å². The van der Waals surface area contributed by atoms with Crippen LogP contribution in [0.4, 0.5) is 0 Å². The van der Waals surface area contributed by atoms with Crippen LogP contribution in [0.3, 0.4) is 0 Å². The van der Waals surface area contributed by atoms with E-state index in [2.05, 4.69) is 33.0 Å². The lowest BCUT2D eigenvalue weighted by molar-refractivity contribution is 0.351. The van der Waals surface area contributed by atoms with Crippen molar-refractivity contribution in [2.24, 2.45) is 17.1 Å². The maximum Gasteiger partial charge on any atom is 0.0191 e. The number of nitrogens with one attached hydrogen (secondary N) is 1. The van der Waals surface area contributed by atoms with Crippen molar-refractivity contribution < 1.29 is 0 Å². The fourth-order valence-electron chi connectivity index (χ4n) is 2.42. The van der Waals surface area contributed by atoms with Crippen LogP contribution in [0, 0.1) is 11.3 Å². The van der Waals surface area contributed by atoms with E-state index in [4.69, 9.17) is 5.73 Å². The third-order valence-corrected chi connectivity index (χ3v) is 3.99. The van der Waals surface area contributed by atoms with Crippen molar-refractivity contribution in [2.75, 3.05) is 6.54 Å². The molecule has 3 unspecified atom stereocenters. The van der Waals surface area contributed by atoms with E-state index >= 15 is 0 Å². The molecule has 1 fully saturated rings. The van der Waals surface area contributed by atoms with Crippen molar-refractivity contribution in [1.82, 2.24) is 5.32 Å². The van der Waals surface area contributed by atoms with Gasteiger partial charge in [-0.15, -0.1) is 0 Å². The first kappa shape index (κ1) is 13.0. The van der Waals surface area contributed by atoms with E-state index < -0.39 is 0 Å². The van der Waals surface area contributed by atoms with Crippen LogP contribution in [-0.4, -0.2) is 18.6 Å². The molecule has 90 valence electrons. The van der Waals surface area contributed by atoms with Gasteiger partial charge in [-0.3, -0.25) is 0 Å². The molecule has 1 rings (SSSR count). The van der Waals surface area contributed by atoms with Gasteiger partial charge in [0.15, 0.2) is 0 Å². The molecule has 1 saturated carbocycles. The molecule has 15 heavy (non-hydrogen) atoms. The first-order valence-corrected chi connectivity index (χ1v) is 6.43. The molecule has 0 amide bonds. The normalized spacial score (nSPS) is 29.0. The van der Waals surface area contributed by atoms with Crippen LogP contribution >= 0.6 is 0 Å². The molecule has 2 nitrogen and oxygen atoms in total. The second kappa shape index (κ2) is 5.31. The number of rotatable bonds is 5. The predicted molar refractivity (Wildman–Crippen MR) is 66.9 cm³/mol. The Balaban J connectivity index is 2.21. The van der Waals surface area contributed by atoms with E-state index in [0.717, 1.165) is 6.54 Å².